The molecule has 1 N–H and O–H groups in total. The molecule has 0 radical (unpaired) electrons. The largest absolute Gasteiger partial charge is 0.490 e. The van der Waals surface area contributed by atoms with Crippen LogP contribution in [0.25, 0.3) is 0 Å². The number of hydrogen-bond donors (Lipinski definition) is 1. The molecule has 1 heterocycles. The van der Waals surface area contributed by atoms with Gasteiger partial charge < -0.3 is 9.52 Å². The molecule has 0 saturated heterocycles. The zero-order valence-corrected chi connectivity index (χ0v) is 5.45. The number of hydrogen-bond acceptors (Lipinski definition) is 4. The van der Waals surface area contributed by atoms with Crippen molar-refractivity contribution in [3.05, 3.63) is 12.8 Å². The van der Waals surface area contributed by atoms with Gasteiger partial charge in [-0.25, -0.2) is 4.79 Å². The van der Waals surface area contributed by atoms with Crippen molar-refractivity contribution in [3.63, 3.8) is 0 Å². The molecule has 0 aliphatic heterocycles. The molecule has 1 aromatic heterocycles. The van der Waals surface area contributed by atoms with Gasteiger partial charge in [-0.05, 0) is 0 Å². The predicted octanol–water partition coefficient (Wildman–Crippen LogP) is 0.703. The standard InChI is InChI=1S/C2HF3O2.C2H2N2O/c3-2(4,5)1(6)7;1-3-4-2-5-1/h(H,6,7);1-2H. The van der Waals surface area contributed by atoms with Crippen LogP contribution in [0.15, 0.2) is 17.2 Å². The molecule has 0 amide bonds. The molecule has 0 aromatic carbocycles. The fourth-order valence-electron chi connectivity index (χ4n) is 0.136. The first kappa shape index (κ1) is 10.4. The molecule has 0 aliphatic carbocycles. The van der Waals surface area contributed by atoms with Crippen LogP contribution in [0.4, 0.5) is 13.2 Å². The second kappa shape index (κ2) is 4.31. The minimum absolute atomic E-state index is 1.26. The molecule has 68 valence electrons. The third kappa shape index (κ3) is 5.21. The van der Waals surface area contributed by atoms with Gasteiger partial charge >= 0.3 is 12.1 Å². The highest BCUT2D eigenvalue weighted by molar-refractivity contribution is 5.73. The Morgan fingerprint density at radius 2 is 1.67 bits per heavy atom. The van der Waals surface area contributed by atoms with E-state index in [2.05, 4.69) is 14.6 Å². The Morgan fingerprint density at radius 1 is 1.33 bits per heavy atom. The van der Waals surface area contributed by atoms with Crippen LogP contribution < -0.4 is 0 Å². The molecule has 0 saturated carbocycles. The molecule has 5 nitrogen and oxygen atoms in total. The van der Waals surface area contributed by atoms with Gasteiger partial charge in [-0.15, -0.1) is 10.2 Å². The Hall–Kier alpha value is -1.60. The van der Waals surface area contributed by atoms with Gasteiger partial charge in [0, 0.05) is 0 Å². The molecular formula is C4H3F3N2O3. The maximum atomic E-state index is 10.6. The summed E-state index contributed by atoms with van der Waals surface area (Å²) in [6.07, 6.45) is -2.56. The maximum absolute atomic E-state index is 10.6. The highest BCUT2D eigenvalue weighted by Gasteiger charge is 2.38. The van der Waals surface area contributed by atoms with Gasteiger partial charge in [0.2, 0.25) is 12.8 Å². The monoisotopic (exact) mass is 184 g/mol. The molecule has 8 heteroatoms. The lowest BCUT2D eigenvalue weighted by Gasteiger charge is -1.93. The Morgan fingerprint density at radius 3 is 1.75 bits per heavy atom. The second-order valence-electron chi connectivity index (χ2n) is 1.38. The molecule has 1 aromatic rings. The molecular weight excluding hydrogens is 181 g/mol. The summed E-state index contributed by atoms with van der Waals surface area (Å²) in [5.41, 5.74) is 0. The quantitative estimate of drug-likeness (QED) is 0.642. The molecule has 1 rings (SSSR count). The van der Waals surface area contributed by atoms with Gasteiger partial charge in [-0.1, -0.05) is 0 Å². The molecule has 0 atom stereocenters. The number of halogens is 3. The van der Waals surface area contributed by atoms with E-state index in [1.165, 1.54) is 12.8 Å². The fraction of sp³-hybridized carbons (Fsp3) is 0.250. The van der Waals surface area contributed by atoms with Crippen LogP contribution in [0, 0.1) is 0 Å². The number of aromatic nitrogens is 2. The van der Waals surface area contributed by atoms with Crippen LogP contribution in [-0.4, -0.2) is 27.4 Å². The summed E-state index contributed by atoms with van der Waals surface area (Å²) in [5, 5.41) is 13.7. The van der Waals surface area contributed by atoms with E-state index in [4.69, 9.17) is 9.90 Å². The Labute approximate surface area is 63.8 Å². The second-order valence-corrected chi connectivity index (χ2v) is 1.38. The van der Waals surface area contributed by atoms with Crippen LogP contribution >= 0.6 is 0 Å². The molecule has 0 spiro atoms. The number of carboxylic acid groups (broad SMARTS) is 1. The van der Waals surface area contributed by atoms with Gasteiger partial charge in [0.15, 0.2) is 0 Å². The number of nitrogens with zero attached hydrogens (tertiary/aromatic N) is 2. The van der Waals surface area contributed by atoms with E-state index in [1.54, 1.807) is 0 Å². The third-order valence-electron chi connectivity index (χ3n) is 0.525. The maximum Gasteiger partial charge on any atom is 0.490 e. The number of carboxylic acids is 1. The molecule has 0 aliphatic rings. The summed E-state index contributed by atoms with van der Waals surface area (Å²) in [4.78, 5) is 8.90. The predicted molar refractivity (Wildman–Crippen MR) is 28.0 cm³/mol. The van der Waals surface area contributed by atoms with Crippen molar-refractivity contribution in [2.24, 2.45) is 0 Å². The average molecular weight is 184 g/mol. The van der Waals surface area contributed by atoms with E-state index in [9.17, 15) is 13.2 Å². The lowest BCUT2D eigenvalue weighted by Crippen LogP contribution is -2.21. The lowest BCUT2D eigenvalue weighted by atomic mass is 10.7. The molecule has 0 fully saturated rings. The SMILES string of the molecule is O=C(O)C(F)(F)F.c1nnco1. The van der Waals surface area contributed by atoms with Crippen molar-refractivity contribution in [3.8, 4) is 0 Å². The number of aliphatic carboxylic acids is 1. The highest BCUT2D eigenvalue weighted by atomic mass is 19.4. The van der Waals surface area contributed by atoms with E-state index in [-0.39, 0.29) is 0 Å². The third-order valence-corrected chi connectivity index (χ3v) is 0.525. The average Bonchev–Trinajstić information content (AvgIpc) is 2.39. The first-order chi connectivity index (χ1) is 5.44. The van der Waals surface area contributed by atoms with Crippen molar-refractivity contribution < 1.29 is 27.5 Å². The normalized spacial score (nSPS) is 9.92. The first-order valence-corrected chi connectivity index (χ1v) is 2.43. The van der Waals surface area contributed by atoms with Crippen molar-refractivity contribution in [2.45, 2.75) is 6.18 Å². The number of carbonyl (C=O) groups is 1. The summed E-state index contributed by atoms with van der Waals surface area (Å²) in [6.45, 7) is 0. The molecule has 12 heavy (non-hydrogen) atoms. The smallest absolute Gasteiger partial charge is 0.475 e. The number of alkyl halides is 3. The van der Waals surface area contributed by atoms with E-state index >= 15 is 0 Å². The minimum Gasteiger partial charge on any atom is -0.475 e. The van der Waals surface area contributed by atoms with Crippen molar-refractivity contribution in [1.82, 2.24) is 10.2 Å². The summed E-state index contributed by atoms with van der Waals surface area (Å²) in [7, 11) is 0. The van der Waals surface area contributed by atoms with Gasteiger partial charge in [-0.2, -0.15) is 13.2 Å². The summed E-state index contributed by atoms with van der Waals surface area (Å²) in [5.74, 6) is -2.76. The zero-order valence-electron chi connectivity index (χ0n) is 5.45. The summed E-state index contributed by atoms with van der Waals surface area (Å²) in [6, 6.07) is 0. The van der Waals surface area contributed by atoms with E-state index in [1.807, 2.05) is 0 Å². The van der Waals surface area contributed by atoms with Gasteiger partial charge in [-0.3, -0.25) is 0 Å². The van der Waals surface area contributed by atoms with Gasteiger partial charge in [0.1, 0.15) is 0 Å². The van der Waals surface area contributed by atoms with E-state index in [0.717, 1.165) is 0 Å². The van der Waals surface area contributed by atoms with Crippen LogP contribution in [0.2, 0.25) is 0 Å². The fourth-order valence-corrected chi connectivity index (χ4v) is 0.136. The molecule has 0 unspecified atom stereocenters. The van der Waals surface area contributed by atoms with Crippen molar-refractivity contribution in [1.29, 1.82) is 0 Å². The van der Waals surface area contributed by atoms with Crippen molar-refractivity contribution in [2.75, 3.05) is 0 Å². The van der Waals surface area contributed by atoms with Crippen molar-refractivity contribution >= 4 is 5.97 Å². The van der Waals surface area contributed by atoms with Gasteiger partial charge in [0.05, 0.1) is 0 Å². The zero-order chi connectivity index (χ0) is 9.61. The summed E-state index contributed by atoms with van der Waals surface area (Å²) < 4.78 is 36.1. The van der Waals surface area contributed by atoms with E-state index < -0.39 is 12.1 Å². The lowest BCUT2D eigenvalue weighted by molar-refractivity contribution is -0.192. The first-order valence-electron chi connectivity index (χ1n) is 2.43. The van der Waals surface area contributed by atoms with Gasteiger partial charge in [0.25, 0.3) is 0 Å². The van der Waals surface area contributed by atoms with Crippen LogP contribution in [0.3, 0.4) is 0 Å². The van der Waals surface area contributed by atoms with Crippen LogP contribution in [0.1, 0.15) is 0 Å². The van der Waals surface area contributed by atoms with E-state index in [0.29, 0.717) is 0 Å². The molecule has 0 bridgehead atoms. The Balaban J connectivity index is 0.000000211. The van der Waals surface area contributed by atoms with Crippen LogP contribution in [0.5, 0.6) is 0 Å². The Kier molecular flexibility index (Phi) is 3.74. The summed E-state index contributed by atoms with van der Waals surface area (Å²) >= 11 is 0. The topological polar surface area (TPSA) is 76.2 Å². The highest BCUT2D eigenvalue weighted by Crippen LogP contribution is 2.13. The van der Waals surface area contributed by atoms with Crippen LogP contribution in [-0.2, 0) is 4.79 Å². The minimum atomic E-state index is -5.08. The number of rotatable bonds is 0. The Bertz CT molecular complexity index is 203.